The zero-order valence-electron chi connectivity index (χ0n) is 15.0. The summed E-state index contributed by atoms with van der Waals surface area (Å²) in [5.41, 5.74) is 0.634. The van der Waals surface area contributed by atoms with E-state index in [1.54, 1.807) is 6.26 Å². The van der Waals surface area contributed by atoms with Gasteiger partial charge in [-0.1, -0.05) is 11.8 Å². The van der Waals surface area contributed by atoms with Crippen molar-refractivity contribution in [2.24, 2.45) is 0 Å². The fourth-order valence-electron chi connectivity index (χ4n) is 2.87. The summed E-state index contributed by atoms with van der Waals surface area (Å²) in [4.78, 5) is 12.9. The maximum atomic E-state index is 10.3. The third-order valence-corrected chi connectivity index (χ3v) is 5.03. The normalized spacial score (nSPS) is 27.2. The Balaban J connectivity index is 1.93. The largest absolute Gasteiger partial charge is 0.394 e. The lowest BCUT2D eigenvalue weighted by atomic mass is 10.1. The third kappa shape index (κ3) is 3.92. The molecule has 3 heterocycles. The first-order valence-corrected chi connectivity index (χ1v) is 9.75. The van der Waals surface area contributed by atoms with Crippen LogP contribution in [0.3, 0.4) is 0 Å². The second-order valence-electron chi connectivity index (χ2n) is 6.31. The minimum Gasteiger partial charge on any atom is -0.394 e. The molecular formula is C15H23N5O7S. The average molecular weight is 417 g/mol. The van der Waals surface area contributed by atoms with Gasteiger partial charge in [0.15, 0.2) is 28.4 Å². The summed E-state index contributed by atoms with van der Waals surface area (Å²) in [7, 11) is 0. The van der Waals surface area contributed by atoms with Gasteiger partial charge in [0.1, 0.15) is 24.4 Å². The van der Waals surface area contributed by atoms with Crippen LogP contribution in [0, 0.1) is 0 Å². The van der Waals surface area contributed by atoms with Gasteiger partial charge in [0.05, 0.1) is 25.6 Å². The number of aliphatic hydroxyl groups is 6. The highest BCUT2D eigenvalue weighted by molar-refractivity contribution is 7.98. The van der Waals surface area contributed by atoms with Crippen LogP contribution < -0.4 is 5.32 Å². The quantitative estimate of drug-likeness (QED) is 0.174. The molecule has 156 valence electrons. The van der Waals surface area contributed by atoms with Crippen LogP contribution in [0.4, 0.5) is 5.82 Å². The number of hydrogen-bond donors (Lipinski definition) is 7. The van der Waals surface area contributed by atoms with E-state index in [9.17, 15) is 25.5 Å². The van der Waals surface area contributed by atoms with Gasteiger partial charge in [-0.25, -0.2) is 15.0 Å². The first kappa shape index (κ1) is 21.1. The molecule has 2 aromatic heterocycles. The standard InChI is InChI=1S/C15H23N5O7S/c1-28-15-18-12(16-2-6(23)7(24)3-21)9-13(19-15)20(5-17-9)14-11(26)10(25)8(4-22)27-14/h5-8,10-11,14,21-26H,2-4H2,1H3,(H,16,18,19)/t6?,7?,8-,10-,11-,14-/m1/s1. The Labute approximate surface area is 163 Å². The summed E-state index contributed by atoms with van der Waals surface area (Å²) >= 11 is 1.26. The van der Waals surface area contributed by atoms with Gasteiger partial charge in [0, 0.05) is 6.54 Å². The Morgan fingerprint density at radius 2 is 1.96 bits per heavy atom. The summed E-state index contributed by atoms with van der Waals surface area (Å²) < 4.78 is 6.96. The highest BCUT2D eigenvalue weighted by Gasteiger charge is 2.44. The number of nitrogens with one attached hydrogen (secondary N) is 1. The second kappa shape index (κ2) is 8.84. The van der Waals surface area contributed by atoms with E-state index < -0.39 is 50.0 Å². The molecule has 0 radical (unpaired) electrons. The molecule has 0 aliphatic carbocycles. The van der Waals surface area contributed by atoms with Crippen LogP contribution in [0.15, 0.2) is 11.5 Å². The summed E-state index contributed by atoms with van der Waals surface area (Å²) in [5.74, 6) is 0.282. The van der Waals surface area contributed by atoms with E-state index in [2.05, 4.69) is 20.3 Å². The maximum absolute atomic E-state index is 10.3. The number of anilines is 1. The zero-order valence-corrected chi connectivity index (χ0v) is 15.8. The molecule has 1 saturated heterocycles. The Hall–Kier alpha value is -1.58. The lowest BCUT2D eigenvalue weighted by Gasteiger charge is -2.18. The van der Waals surface area contributed by atoms with Crippen LogP contribution in [0.2, 0.25) is 0 Å². The molecule has 0 aromatic carbocycles. The summed E-state index contributed by atoms with van der Waals surface area (Å²) in [6.07, 6.45) is -3.89. The number of fused-ring (bicyclic) bond motifs is 1. The van der Waals surface area contributed by atoms with Crippen molar-refractivity contribution < 1.29 is 35.4 Å². The molecule has 0 bridgehead atoms. The van der Waals surface area contributed by atoms with Crippen molar-refractivity contribution in [3.8, 4) is 0 Å². The predicted octanol–water partition coefficient (Wildman–Crippen LogP) is -2.71. The molecule has 1 aliphatic heterocycles. The summed E-state index contributed by atoms with van der Waals surface area (Å²) in [6, 6.07) is 0. The minimum atomic E-state index is -1.30. The lowest BCUT2D eigenvalue weighted by Crippen LogP contribution is -2.35. The molecule has 2 unspecified atom stereocenters. The molecule has 6 atom stereocenters. The van der Waals surface area contributed by atoms with E-state index in [0.29, 0.717) is 16.3 Å². The molecule has 3 rings (SSSR count). The first-order chi connectivity index (χ1) is 13.4. The van der Waals surface area contributed by atoms with E-state index in [4.69, 9.17) is 9.84 Å². The maximum Gasteiger partial charge on any atom is 0.191 e. The number of thioether (sulfide) groups is 1. The number of imidazole rings is 1. The van der Waals surface area contributed by atoms with Crippen molar-refractivity contribution in [2.75, 3.05) is 31.3 Å². The van der Waals surface area contributed by atoms with E-state index >= 15 is 0 Å². The van der Waals surface area contributed by atoms with Crippen LogP contribution in [0.5, 0.6) is 0 Å². The second-order valence-corrected chi connectivity index (χ2v) is 7.08. The zero-order chi connectivity index (χ0) is 20.4. The Morgan fingerprint density at radius 3 is 2.57 bits per heavy atom. The molecule has 0 amide bonds. The van der Waals surface area contributed by atoms with E-state index in [1.165, 1.54) is 22.7 Å². The van der Waals surface area contributed by atoms with Crippen molar-refractivity contribution >= 4 is 28.7 Å². The van der Waals surface area contributed by atoms with Crippen molar-refractivity contribution in [1.29, 1.82) is 0 Å². The molecule has 12 nitrogen and oxygen atoms in total. The van der Waals surface area contributed by atoms with E-state index in [-0.39, 0.29) is 12.4 Å². The highest BCUT2D eigenvalue weighted by atomic mass is 32.2. The Morgan fingerprint density at radius 1 is 1.21 bits per heavy atom. The van der Waals surface area contributed by atoms with Gasteiger partial charge < -0.3 is 40.7 Å². The average Bonchev–Trinajstić information content (AvgIpc) is 3.26. The van der Waals surface area contributed by atoms with Crippen LogP contribution in [0.1, 0.15) is 6.23 Å². The first-order valence-electron chi connectivity index (χ1n) is 8.53. The number of rotatable bonds is 8. The van der Waals surface area contributed by atoms with Gasteiger partial charge >= 0.3 is 0 Å². The number of aromatic nitrogens is 4. The molecule has 13 heteroatoms. The molecule has 0 saturated carbocycles. The molecule has 7 N–H and O–H groups in total. The SMILES string of the molecule is CSc1nc(NCC(O)C(O)CO)c2ncn([C@@H]3O[C@H](CO)[C@@H](O)[C@H]3O)c2n1. The molecule has 0 spiro atoms. The number of ether oxygens (including phenoxy) is 1. The molecule has 1 fully saturated rings. The number of aliphatic hydroxyl groups excluding tert-OH is 6. The van der Waals surface area contributed by atoms with Crippen molar-refractivity contribution in [1.82, 2.24) is 19.5 Å². The summed E-state index contributed by atoms with van der Waals surface area (Å²) in [5, 5.41) is 61.0. The van der Waals surface area contributed by atoms with Crippen molar-refractivity contribution in [3.63, 3.8) is 0 Å². The molecular weight excluding hydrogens is 394 g/mol. The van der Waals surface area contributed by atoms with Crippen molar-refractivity contribution in [3.05, 3.63) is 6.33 Å². The van der Waals surface area contributed by atoms with Crippen LogP contribution in [0.25, 0.3) is 11.2 Å². The lowest BCUT2D eigenvalue weighted by molar-refractivity contribution is -0.0511. The number of hydrogen-bond acceptors (Lipinski definition) is 12. The summed E-state index contributed by atoms with van der Waals surface area (Å²) in [6.45, 7) is -1.13. The van der Waals surface area contributed by atoms with Crippen LogP contribution >= 0.6 is 11.8 Å². The fraction of sp³-hybridized carbons (Fsp3) is 0.667. The Kier molecular flexibility index (Phi) is 6.67. The predicted molar refractivity (Wildman–Crippen MR) is 97.7 cm³/mol. The van der Waals surface area contributed by atoms with Gasteiger partial charge in [0.2, 0.25) is 0 Å². The molecule has 2 aromatic rings. The fourth-order valence-corrected chi connectivity index (χ4v) is 3.23. The van der Waals surface area contributed by atoms with Gasteiger partial charge in [-0.15, -0.1) is 0 Å². The van der Waals surface area contributed by atoms with Crippen LogP contribution in [-0.2, 0) is 4.74 Å². The van der Waals surface area contributed by atoms with Gasteiger partial charge in [0.25, 0.3) is 0 Å². The monoisotopic (exact) mass is 417 g/mol. The van der Waals surface area contributed by atoms with Gasteiger partial charge in [-0.2, -0.15) is 0 Å². The Bertz CT molecular complexity index is 808. The highest BCUT2D eigenvalue weighted by Crippen LogP contribution is 2.33. The number of nitrogens with zero attached hydrogens (tertiary/aromatic N) is 4. The van der Waals surface area contributed by atoms with Gasteiger partial charge in [-0.3, -0.25) is 4.57 Å². The van der Waals surface area contributed by atoms with Crippen molar-refractivity contribution in [2.45, 2.75) is 41.9 Å². The third-order valence-electron chi connectivity index (χ3n) is 4.48. The van der Waals surface area contributed by atoms with E-state index in [1.807, 2.05) is 0 Å². The minimum absolute atomic E-state index is 0.0949. The van der Waals surface area contributed by atoms with Gasteiger partial charge in [-0.05, 0) is 6.26 Å². The molecule has 28 heavy (non-hydrogen) atoms. The van der Waals surface area contributed by atoms with Crippen LogP contribution in [-0.4, -0.2) is 107 Å². The topological polar surface area (TPSA) is 186 Å². The smallest absolute Gasteiger partial charge is 0.191 e. The van der Waals surface area contributed by atoms with E-state index in [0.717, 1.165) is 0 Å². The molecule has 1 aliphatic rings.